The zero-order chi connectivity index (χ0) is 15.7. The summed E-state index contributed by atoms with van der Waals surface area (Å²) in [6.07, 6.45) is 1.80. The number of fused-ring (bicyclic) bond motifs is 1. The van der Waals surface area contributed by atoms with Gasteiger partial charge in [0.15, 0.2) is 0 Å². The largest absolute Gasteiger partial charge is 0.508 e. The maximum absolute atomic E-state index is 13.5. The fourth-order valence-corrected chi connectivity index (χ4v) is 2.29. The monoisotopic (exact) mass is 299 g/mol. The van der Waals surface area contributed by atoms with Crippen LogP contribution in [0.15, 0.2) is 42.6 Å². The van der Waals surface area contributed by atoms with Crippen LogP contribution < -0.4 is 5.32 Å². The van der Waals surface area contributed by atoms with Gasteiger partial charge in [-0.3, -0.25) is 9.20 Å². The molecule has 0 atom stereocenters. The van der Waals surface area contributed by atoms with E-state index in [1.54, 1.807) is 12.1 Å². The Balaban J connectivity index is 2.02. The molecule has 3 rings (SSSR count). The SMILES string of the molecule is CCc1nc2ccc(F)cn2c1C(=O)Nc1ccc(O)cc1. The number of aryl methyl sites for hydroxylation is 1. The fourth-order valence-electron chi connectivity index (χ4n) is 2.29. The number of nitrogens with one attached hydrogen (secondary N) is 1. The van der Waals surface area contributed by atoms with Crippen molar-refractivity contribution >= 4 is 17.2 Å². The number of hydrogen-bond acceptors (Lipinski definition) is 3. The van der Waals surface area contributed by atoms with Crippen LogP contribution in [0.5, 0.6) is 5.75 Å². The third-order valence-corrected chi connectivity index (χ3v) is 3.33. The zero-order valence-corrected chi connectivity index (χ0v) is 11.9. The molecule has 0 fully saturated rings. The third kappa shape index (κ3) is 2.50. The number of halogens is 1. The van der Waals surface area contributed by atoms with E-state index in [1.807, 2.05) is 6.92 Å². The van der Waals surface area contributed by atoms with E-state index in [-0.39, 0.29) is 11.7 Å². The predicted molar refractivity (Wildman–Crippen MR) is 80.6 cm³/mol. The third-order valence-electron chi connectivity index (χ3n) is 3.33. The minimum atomic E-state index is -0.439. The van der Waals surface area contributed by atoms with Crippen LogP contribution in [-0.2, 0) is 6.42 Å². The Labute approximate surface area is 126 Å². The number of pyridine rings is 1. The Morgan fingerprint density at radius 1 is 1.27 bits per heavy atom. The maximum Gasteiger partial charge on any atom is 0.274 e. The van der Waals surface area contributed by atoms with Gasteiger partial charge >= 0.3 is 0 Å². The number of phenols is 1. The Kier molecular flexibility index (Phi) is 3.50. The Morgan fingerprint density at radius 3 is 2.68 bits per heavy atom. The Hall–Kier alpha value is -2.89. The lowest BCUT2D eigenvalue weighted by molar-refractivity contribution is 0.102. The van der Waals surface area contributed by atoms with Crippen LogP contribution in [0, 0.1) is 5.82 Å². The van der Waals surface area contributed by atoms with E-state index in [0.29, 0.717) is 29.1 Å². The molecule has 0 radical (unpaired) electrons. The fraction of sp³-hybridized carbons (Fsp3) is 0.125. The van der Waals surface area contributed by atoms with Crippen LogP contribution in [-0.4, -0.2) is 20.4 Å². The summed E-state index contributed by atoms with van der Waals surface area (Å²) in [6.45, 7) is 1.88. The molecule has 0 spiro atoms. The minimum absolute atomic E-state index is 0.115. The van der Waals surface area contributed by atoms with E-state index < -0.39 is 5.82 Å². The Bertz CT molecular complexity index is 840. The van der Waals surface area contributed by atoms with Gasteiger partial charge in [0.05, 0.1) is 5.69 Å². The summed E-state index contributed by atoms with van der Waals surface area (Å²) in [5.74, 6) is -0.698. The van der Waals surface area contributed by atoms with Gasteiger partial charge in [0.1, 0.15) is 22.9 Å². The average molecular weight is 299 g/mol. The number of aromatic nitrogens is 2. The van der Waals surface area contributed by atoms with Crippen LogP contribution in [0.4, 0.5) is 10.1 Å². The number of rotatable bonds is 3. The number of anilines is 1. The minimum Gasteiger partial charge on any atom is -0.508 e. The Morgan fingerprint density at radius 2 is 2.00 bits per heavy atom. The first-order valence-corrected chi connectivity index (χ1v) is 6.85. The number of nitrogens with zero attached hydrogens (tertiary/aromatic N) is 2. The van der Waals surface area contributed by atoms with Gasteiger partial charge < -0.3 is 10.4 Å². The lowest BCUT2D eigenvalue weighted by Crippen LogP contribution is -2.16. The van der Waals surface area contributed by atoms with E-state index in [9.17, 15) is 14.3 Å². The summed E-state index contributed by atoms with van der Waals surface area (Å²) in [5, 5.41) is 12.0. The molecular formula is C16H14FN3O2. The van der Waals surface area contributed by atoms with Crippen molar-refractivity contribution in [2.45, 2.75) is 13.3 Å². The summed E-state index contributed by atoms with van der Waals surface area (Å²) in [4.78, 5) is 16.9. The van der Waals surface area contributed by atoms with E-state index in [4.69, 9.17) is 0 Å². The molecule has 6 heteroatoms. The molecule has 0 aliphatic heterocycles. The van der Waals surface area contributed by atoms with Crippen LogP contribution in [0.1, 0.15) is 23.1 Å². The molecule has 0 aliphatic rings. The smallest absolute Gasteiger partial charge is 0.274 e. The molecule has 0 aliphatic carbocycles. The van der Waals surface area contributed by atoms with Gasteiger partial charge in [0, 0.05) is 11.9 Å². The van der Waals surface area contributed by atoms with Crippen molar-refractivity contribution < 1.29 is 14.3 Å². The summed E-state index contributed by atoms with van der Waals surface area (Å²) in [5.41, 5.74) is 1.97. The van der Waals surface area contributed by atoms with Gasteiger partial charge in [-0.05, 0) is 42.8 Å². The van der Waals surface area contributed by atoms with Gasteiger partial charge in [-0.1, -0.05) is 6.92 Å². The van der Waals surface area contributed by atoms with Crippen LogP contribution in [0.3, 0.4) is 0 Å². The summed E-state index contributed by atoms with van der Waals surface area (Å²) in [6, 6.07) is 8.97. The normalized spacial score (nSPS) is 10.8. The van der Waals surface area contributed by atoms with Crippen molar-refractivity contribution in [1.29, 1.82) is 0 Å². The highest BCUT2D eigenvalue weighted by atomic mass is 19.1. The van der Waals surface area contributed by atoms with Gasteiger partial charge in [-0.25, -0.2) is 9.37 Å². The number of carbonyl (C=O) groups is 1. The molecule has 2 heterocycles. The molecular weight excluding hydrogens is 285 g/mol. The second-order valence-electron chi connectivity index (χ2n) is 4.84. The first-order chi connectivity index (χ1) is 10.6. The lowest BCUT2D eigenvalue weighted by Gasteiger charge is -2.07. The van der Waals surface area contributed by atoms with Crippen molar-refractivity contribution in [1.82, 2.24) is 9.38 Å². The number of imidazole rings is 1. The number of amides is 1. The average Bonchev–Trinajstić information content (AvgIpc) is 2.87. The zero-order valence-electron chi connectivity index (χ0n) is 11.9. The molecule has 5 nitrogen and oxygen atoms in total. The molecule has 0 saturated heterocycles. The number of phenolic OH excluding ortho intramolecular Hbond substituents is 1. The highest BCUT2D eigenvalue weighted by Crippen LogP contribution is 2.18. The first kappa shape index (κ1) is 14.1. The standard InChI is InChI=1S/C16H14FN3O2/c1-2-13-15(20-9-10(17)3-8-14(20)19-13)16(22)18-11-4-6-12(21)7-5-11/h3-9,21H,2H2,1H3,(H,18,22). The van der Waals surface area contributed by atoms with Gasteiger partial charge in [-0.15, -0.1) is 0 Å². The first-order valence-electron chi connectivity index (χ1n) is 6.85. The lowest BCUT2D eigenvalue weighted by atomic mass is 10.2. The van der Waals surface area contributed by atoms with E-state index in [2.05, 4.69) is 10.3 Å². The molecule has 2 aromatic heterocycles. The highest BCUT2D eigenvalue weighted by Gasteiger charge is 2.18. The molecule has 112 valence electrons. The molecule has 2 N–H and O–H groups in total. The topological polar surface area (TPSA) is 66.6 Å². The van der Waals surface area contributed by atoms with Crippen molar-refractivity contribution in [3.05, 3.63) is 59.8 Å². The molecule has 0 bridgehead atoms. The second-order valence-corrected chi connectivity index (χ2v) is 4.84. The van der Waals surface area contributed by atoms with E-state index >= 15 is 0 Å². The van der Waals surface area contributed by atoms with Gasteiger partial charge in [0.25, 0.3) is 5.91 Å². The molecule has 1 aromatic carbocycles. The summed E-state index contributed by atoms with van der Waals surface area (Å²) in [7, 11) is 0. The van der Waals surface area contributed by atoms with Crippen molar-refractivity contribution in [3.8, 4) is 5.75 Å². The molecule has 1 amide bonds. The van der Waals surface area contributed by atoms with Crippen molar-refractivity contribution in [3.63, 3.8) is 0 Å². The van der Waals surface area contributed by atoms with Gasteiger partial charge in [-0.2, -0.15) is 0 Å². The maximum atomic E-state index is 13.5. The molecule has 22 heavy (non-hydrogen) atoms. The van der Waals surface area contributed by atoms with Gasteiger partial charge in [0.2, 0.25) is 0 Å². The van der Waals surface area contributed by atoms with E-state index in [1.165, 1.54) is 34.9 Å². The summed E-state index contributed by atoms with van der Waals surface area (Å²) >= 11 is 0. The number of benzene rings is 1. The summed E-state index contributed by atoms with van der Waals surface area (Å²) < 4.78 is 14.9. The van der Waals surface area contributed by atoms with Crippen molar-refractivity contribution in [2.75, 3.05) is 5.32 Å². The van der Waals surface area contributed by atoms with Crippen LogP contribution in [0.25, 0.3) is 5.65 Å². The number of aromatic hydroxyl groups is 1. The number of carbonyl (C=O) groups excluding carboxylic acids is 1. The quantitative estimate of drug-likeness (QED) is 0.731. The highest BCUT2D eigenvalue weighted by molar-refractivity contribution is 6.04. The van der Waals surface area contributed by atoms with E-state index in [0.717, 1.165) is 0 Å². The predicted octanol–water partition coefficient (Wildman–Crippen LogP) is 2.99. The second kappa shape index (κ2) is 5.48. The number of hydrogen-bond donors (Lipinski definition) is 2. The van der Waals surface area contributed by atoms with Crippen LogP contribution in [0.2, 0.25) is 0 Å². The molecule has 0 unspecified atom stereocenters. The van der Waals surface area contributed by atoms with Crippen LogP contribution >= 0.6 is 0 Å². The van der Waals surface area contributed by atoms with Crippen molar-refractivity contribution in [2.24, 2.45) is 0 Å². The molecule has 3 aromatic rings. The molecule has 0 saturated carbocycles.